The zero-order valence-corrected chi connectivity index (χ0v) is 13.9. The Bertz CT molecular complexity index is 432. The van der Waals surface area contributed by atoms with Crippen LogP contribution < -0.4 is 10.5 Å². The van der Waals surface area contributed by atoms with E-state index in [0.717, 1.165) is 4.47 Å². The molecule has 0 aliphatic carbocycles. The molecule has 0 saturated carbocycles. The van der Waals surface area contributed by atoms with E-state index in [4.69, 9.17) is 22.1 Å². The van der Waals surface area contributed by atoms with Crippen LogP contribution in [0, 0.1) is 0 Å². The molecule has 0 saturated heterocycles. The summed E-state index contributed by atoms with van der Waals surface area (Å²) in [6.07, 6.45) is 0. The Morgan fingerprint density at radius 2 is 2.21 bits per heavy atom. The lowest BCUT2D eigenvalue weighted by atomic mass is 10.3. The van der Waals surface area contributed by atoms with Crippen molar-refractivity contribution in [1.29, 1.82) is 0 Å². The molecule has 1 atom stereocenters. The molecule has 1 rings (SSSR count). The van der Waals surface area contributed by atoms with Crippen molar-refractivity contribution in [2.45, 2.75) is 13.0 Å². The Balaban J connectivity index is 0.00000324. The first-order valence-corrected chi connectivity index (χ1v) is 6.66. The van der Waals surface area contributed by atoms with Crippen molar-refractivity contribution in [1.82, 2.24) is 4.90 Å². The molecule has 1 aromatic rings. The normalized spacial score (nSPS) is 11.4. The zero-order chi connectivity index (χ0) is 13.7. The van der Waals surface area contributed by atoms with Gasteiger partial charge in [-0.25, -0.2) is 0 Å². The molecule has 0 aromatic heterocycles. The predicted molar refractivity (Wildman–Crippen MR) is 83.2 cm³/mol. The monoisotopic (exact) mass is 370 g/mol. The van der Waals surface area contributed by atoms with Crippen LogP contribution in [0.3, 0.4) is 0 Å². The van der Waals surface area contributed by atoms with Crippen molar-refractivity contribution in [3.05, 3.63) is 27.7 Å². The Labute approximate surface area is 132 Å². The highest BCUT2D eigenvalue weighted by molar-refractivity contribution is 9.10. The minimum absolute atomic E-state index is 0. The molecule has 1 amide bonds. The summed E-state index contributed by atoms with van der Waals surface area (Å²) in [4.78, 5) is 13.4. The number of ether oxygens (including phenoxy) is 1. The summed E-state index contributed by atoms with van der Waals surface area (Å²) in [5.74, 6) is 0.356. The number of likely N-dealkylation sites (N-methyl/N-ethyl adjacent to an activating group) is 1. The van der Waals surface area contributed by atoms with Gasteiger partial charge in [-0.15, -0.1) is 12.4 Å². The molecule has 0 spiro atoms. The van der Waals surface area contributed by atoms with Crippen LogP contribution in [0.2, 0.25) is 5.02 Å². The maximum Gasteiger partial charge on any atom is 0.260 e. The first kappa shape index (κ1) is 18.5. The van der Waals surface area contributed by atoms with E-state index < -0.39 is 0 Å². The molecule has 19 heavy (non-hydrogen) atoms. The number of carbonyl (C=O) groups is 1. The van der Waals surface area contributed by atoms with E-state index in [1.165, 1.54) is 0 Å². The molecular weight excluding hydrogens is 355 g/mol. The topological polar surface area (TPSA) is 55.6 Å². The van der Waals surface area contributed by atoms with Gasteiger partial charge in [0.2, 0.25) is 0 Å². The van der Waals surface area contributed by atoms with Crippen LogP contribution in [0.1, 0.15) is 6.92 Å². The lowest BCUT2D eigenvalue weighted by molar-refractivity contribution is -0.133. The Hall–Kier alpha value is -0.490. The second kappa shape index (κ2) is 8.64. The molecule has 0 heterocycles. The first-order valence-electron chi connectivity index (χ1n) is 5.49. The number of hydrogen-bond acceptors (Lipinski definition) is 3. The third kappa shape index (κ3) is 5.57. The SMILES string of the molecule is CC(CN)N(C)C(=O)COc1ccc(Br)cc1Cl.Cl. The highest BCUT2D eigenvalue weighted by Crippen LogP contribution is 2.27. The van der Waals surface area contributed by atoms with Gasteiger partial charge in [-0.2, -0.15) is 0 Å². The number of nitrogens with two attached hydrogens (primary N) is 1. The number of carbonyl (C=O) groups excluding carboxylic acids is 1. The third-order valence-corrected chi connectivity index (χ3v) is 3.43. The maximum atomic E-state index is 11.8. The van der Waals surface area contributed by atoms with E-state index in [2.05, 4.69) is 15.9 Å². The number of rotatable bonds is 5. The number of halogens is 3. The molecule has 0 aliphatic heterocycles. The second-order valence-corrected chi connectivity index (χ2v) is 5.28. The van der Waals surface area contributed by atoms with Crippen LogP contribution in [-0.2, 0) is 4.79 Å². The van der Waals surface area contributed by atoms with E-state index in [1.807, 2.05) is 6.92 Å². The summed E-state index contributed by atoms with van der Waals surface area (Å²) in [5.41, 5.74) is 5.50. The highest BCUT2D eigenvalue weighted by Gasteiger charge is 2.15. The molecule has 2 N–H and O–H groups in total. The van der Waals surface area contributed by atoms with Crippen molar-refractivity contribution < 1.29 is 9.53 Å². The molecule has 1 unspecified atom stereocenters. The Morgan fingerprint density at radius 1 is 1.58 bits per heavy atom. The predicted octanol–water partition coefficient (Wildman–Crippen LogP) is 2.71. The van der Waals surface area contributed by atoms with Gasteiger partial charge in [-0.05, 0) is 25.1 Å². The van der Waals surface area contributed by atoms with Crippen LogP contribution in [0.5, 0.6) is 5.75 Å². The van der Waals surface area contributed by atoms with Crippen LogP contribution >= 0.6 is 39.9 Å². The minimum atomic E-state index is -0.132. The molecule has 0 radical (unpaired) electrons. The summed E-state index contributed by atoms with van der Waals surface area (Å²) in [5, 5.41) is 0.465. The number of amides is 1. The van der Waals surface area contributed by atoms with Gasteiger partial charge in [0.05, 0.1) is 5.02 Å². The van der Waals surface area contributed by atoms with Crippen LogP contribution in [0.15, 0.2) is 22.7 Å². The highest BCUT2D eigenvalue weighted by atomic mass is 79.9. The lowest BCUT2D eigenvalue weighted by Crippen LogP contribution is -2.42. The van der Waals surface area contributed by atoms with E-state index >= 15 is 0 Å². The summed E-state index contributed by atoms with van der Waals surface area (Å²) in [6.45, 7) is 2.24. The Kier molecular flexibility index (Phi) is 8.41. The molecule has 0 aliphatic rings. The van der Waals surface area contributed by atoms with Crippen molar-refractivity contribution in [3.8, 4) is 5.75 Å². The molecule has 1 aromatic carbocycles. The van der Waals surface area contributed by atoms with Crippen LogP contribution in [-0.4, -0.2) is 37.0 Å². The van der Waals surface area contributed by atoms with Gasteiger partial charge in [0.15, 0.2) is 6.61 Å². The van der Waals surface area contributed by atoms with Crippen molar-refractivity contribution in [2.75, 3.05) is 20.2 Å². The van der Waals surface area contributed by atoms with Crippen molar-refractivity contribution in [3.63, 3.8) is 0 Å². The fourth-order valence-corrected chi connectivity index (χ4v) is 1.97. The fourth-order valence-electron chi connectivity index (χ4n) is 1.24. The second-order valence-electron chi connectivity index (χ2n) is 3.95. The van der Waals surface area contributed by atoms with Gasteiger partial charge in [0, 0.05) is 24.1 Å². The van der Waals surface area contributed by atoms with Gasteiger partial charge in [-0.3, -0.25) is 4.79 Å². The summed E-state index contributed by atoms with van der Waals surface area (Å²) >= 11 is 9.28. The van der Waals surface area contributed by atoms with E-state index in [-0.39, 0.29) is 31.0 Å². The van der Waals surface area contributed by atoms with Gasteiger partial charge in [-0.1, -0.05) is 27.5 Å². The maximum absolute atomic E-state index is 11.8. The largest absolute Gasteiger partial charge is 0.482 e. The van der Waals surface area contributed by atoms with Crippen molar-refractivity contribution >= 4 is 45.8 Å². The molecule has 4 nitrogen and oxygen atoms in total. The van der Waals surface area contributed by atoms with E-state index in [1.54, 1.807) is 30.1 Å². The average molecular weight is 372 g/mol. The zero-order valence-electron chi connectivity index (χ0n) is 10.7. The molecule has 7 heteroatoms. The van der Waals surface area contributed by atoms with Crippen LogP contribution in [0.4, 0.5) is 0 Å². The smallest absolute Gasteiger partial charge is 0.260 e. The first-order chi connectivity index (χ1) is 8.45. The lowest BCUT2D eigenvalue weighted by Gasteiger charge is -2.23. The summed E-state index contributed by atoms with van der Waals surface area (Å²) < 4.78 is 6.25. The number of benzene rings is 1. The van der Waals surface area contributed by atoms with E-state index in [9.17, 15) is 4.79 Å². The third-order valence-electron chi connectivity index (χ3n) is 2.64. The van der Waals surface area contributed by atoms with Gasteiger partial charge in [0.1, 0.15) is 5.75 Å². The van der Waals surface area contributed by atoms with Gasteiger partial charge < -0.3 is 15.4 Å². The molecule has 108 valence electrons. The van der Waals surface area contributed by atoms with Crippen molar-refractivity contribution in [2.24, 2.45) is 5.73 Å². The van der Waals surface area contributed by atoms with Gasteiger partial charge >= 0.3 is 0 Å². The fraction of sp³-hybridized carbons (Fsp3) is 0.417. The molecule has 0 bridgehead atoms. The molecular formula is C12H17BrCl2N2O2. The summed E-state index contributed by atoms with van der Waals surface area (Å²) in [7, 11) is 1.70. The quantitative estimate of drug-likeness (QED) is 0.865. The molecule has 0 fully saturated rings. The minimum Gasteiger partial charge on any atom is -0.482 e. The average Bonchev–Trinajstić information content (AvgIpc) is 2.35. The standard InChI is InChI=1S/C12H16BrClN2O2.ClH/c1-8(6-15)16(2)12(17)7-18-11-4-3-9(13)5-10(11)14;/h3-5,8H,6-7,15H2,1-2H3;1H. The van der Waals surface area contributed by atoms with Crippen LogP contribution in [0.25, 0.3) is 0 Å². The van der Waals surface area contributed by atoms with Gasteiger partial charge in [0.25, 0.3) is 5.91 Å². The number of hydrogen-bond donors (Lipinski definition) is 1. The summed E-state index contributed by atoms with van der Waals surface area (Å²) in [6, 6.07) is 5.22. The number of nitrogens with zero attached hydrogens (tertiary/aromatic N) is 1. The van der Waals surface area contributed by atoms with E-state index in [0.29, 0.717) is 17.3 Å². The Morgan fingerprint density at radius 3 is 2.74 bits per heavy atom.